The Bertz CT molecular complexity index is 772. The van der Waals surface area contributed by atoms with Gasteiger partial charge in [0.05, 0.1) is 44.2 Å². The van der Waals surface area contributed by atoms with Gasteiger partial charge >= 0.3 is 18.0 Å². The first kappa shape index (κ1) is 20.0. The van der Waals surface area contributed by atoms with Crippen LogP contribution in [-0.2, 0) is 20.8 Å². The minimum atomic E-state index is -0.560. The number of nitrogens with one attached hydrogen (secondary N) is 1. The molecule has 0 aliphatic heterocycles. The summed E-state index contributed by atoms with van der Waals surface area (Å²) in [6, 6.07) is 9.47. The Morgan fingerprint density at radius 3 is 2.59 bits per heavy atom. The average molecular weight is 374 g/mol. The Morgan fingerprint density at radius 2 is 1.93 bits per heavy atom. The smallest absolute Gasteiger partial charge is 0.339 e. The van der Waals surface area contributed by atoms with Crippen LogP contribution in [0, 0.1) is 0 Å². The fourth-order valence-electron chi connectivity index (χ4n) is 2.38. The first-order chi connectivity index (χ1) is 13.0. The molecule has 27 heavy (non-hydrogen) atoms. The Kier molecular flexibility index (Phi) is 7.42. The van der Waals surface area contributed by atoms with Crippen molar-refractivity contribution < 1.29 is 28.3 Å². The van der Waals surface area contributed by atoms with Gasteiger partial charge in [-0.15, -0.1) is 0 Å². The molecule has 0 fully saturated rings. The van der Waals surface area contributed by atoms with Gasteiger partial charge in [0.1, 0.15) is 5.76 Å². The molecule has 8 nitrogen and oxygen atoms in total. The number of carbonyl (C=O) groups excluding carboxylic acids is 3. The zero-order valence-corrected chi connectivity index (χ0v) is 15.3. The maximum absolute atomic E-state index is 12.7. The molecule has 0 unspecified atom stereocenters. The summed E-state index contributed by atoms with van der Waals surface area (Å²) in [5.74, 6) is -0.394. The second-order valence-corrected chi connectivity index (χ2v) is 5.52. The molecular weight excluding hydrogens is 352 g/mol. The summed E-state index contributed by atoms with van der Waals surface area (Å²) in [6.07, 6.45) is 1.55. The number of rotatable bonds is 8. The molecular formula is C19H22N2O6. The van der Waals surface area contributed by atoms with E-state index in [1.165, 1.54) is 18.3 Å². The molecule has 1 heterocycles. The van der Waals surface area contributed by atoms with Crippen LogP contribution in [0.5, 0.6) is 0 Å². The van der Waals surface area contributed by atoms with E-state index < -0.39 is 18.0 Å². The SMILES string of the molecule is CCOC(=O)CCN(Cc1ccco1)C(=O)Nc1ccccc1C(=O)OC. The molecule has 144 valence electrons. The summed E-state index contributed by atoms with van der Waals surface area (Å²) >= 11 is 0. The lowest BCUT2D eigenvalue weighted by molar-refractivity contribution is -0.143. The largest absolute Gasteiger partial charge is 0.467 e. The Morgan fingerprint density at radius 1 is 1.15 bits per heavy atom. The molecule has 0 saturated carbocycles. The van der Waals surface area contributed by atoms with E-state index in [9.17, 15) is 14.4 Å². The summed E-state index contributed by atoms with van der Waals surface area (Å²) in [5.41, 5.74) is 0.548. The van der Waals surface area contributed by atoms with Gasteiger partial charge in [-0.1, -0.05) is 12.1 Å². The number of ether oxygens (including phenoxy) is 2. The van der Waals surface area contributed by atoms with Crippen LogP contribution in [0.4, 0.5) is 10.5 Å². The number of carbonyl (C=O) groups is 3. The minimum absolute atomic E-state index is 0.0423. The number of esters is 2. The van der Waals surface area contributed by atoms with Gasteiger partial charge in [0.2, 0.25) is 0 Å². The lowest BCUT2D eigenvalue weighted by atomic mass is 10.2. The first-order valence-corrected chi connectivity index (χ1v) is 8.46. The highest BCUT2D eigenvalue weighted by atomic mass is 16.5. The van der Waals surface area contributed by atoms with Crippen molar-refractivity contribution in [1.29, 1.82) is 0 Å². The summed E-state index contributed by atoms with van der Waals surface area (Å²) in [7, 11) is 1.27. The van der Waals surface area contributed by atoms with Crippen LogP contribution in [-0.4, -0.2) is 43.1 Å². The van der Waals surface area contributed by atoms with E-state index >= 15 is 0 Å². The number of para-hydroxylation sites is 1. The number of hydrogen-bond acceptors (Lipinski definition) is 6. The van der Waals surface area contributed by atoms with E-state index in [-0.39, 0.29) is 31.7 Å². The molecule has 0 saturated heterocycles. The molecule has 1 aromatic heterocycles. The van der Waals surface area contributed by atoms with Gasteiger partial charge in [0.15, 0.2) is 0 Å². The molecule has 2 rings (SSSR count). The van der Waals surface area contributed by atoms with Gasteiger partial charge in [0.25, 0.3) is 0 Å². The van der Waals surface area contributed by atoms with Crippen LogP contribution in [0.2, 0.25) is 0 Å². The maximum Gasteiger partial charge on any atom is 0.339 e. The van der Waals surface area contributed by atoms with E-state index in [2.05, 4.69) is 5.32 Å². The third kappa shape index (κ3) is 5.88. The van der Waals surface area contributed by atoms with Crippen molar-refractivity contribution in [1.82, 2.24) is 4.90 Å². The highest BCUT2D eigenvalue weighted by Crippen LogP contribution is 2.17. The highest BCUT2D eigenvalue weighted by molar-refractivity contribution is 6.00. The van der Waals surface area contributed by atoms with Crippen LogP contribution >= 0.6 is 0 Å². The predicted molar refractivity (Wildman–Crippen MR) is 97.2 cm³/mol. The third-order valence-corrected chi connectivity index (χ3v) is 3.68. The lowest BCUT2D eigenvalue weighted by Gasteiger charge is -2.22. The number of nitrogens with zero attached hydrogens (tertiary/aromatic N) is 1. The molecule has 0 atom stereocenters. The number of anilines is 1. The normalized spacial score (nSPS) is 10.1. The van der Waals surface area contributed by atoms with Crippen molar-refractivity contribution in [3.05, 3.63) is 54.0 Å². The van der Waals surface area contributed by atoms with Gasteiger partial charge in [-0.25, -0.2) is 9.59 Å². The van der Waals surface area contributed by atoms with Crippen molar-refractivity contribution in [3.8, 4) is 0 Å². The van der Waals surface area contributed by atoms with Crippen LogP contribution in [0.3, 0.4) is 0 Å². The third-order valence-electron chi connectivity index (χ3n) is 3.68. The van der Waals surface area contributed by atoms with Gasteiger partial charge in [-0.2, -0.15) is 0 Å². The van der Waals surface area contributed by atoms with Crippen molar-refractivity contribution in [2.75, 3.05) is 25.6 Å². The Hall–Kier alpha value is -3.29. The quantitative estimate of drug-likeness (QED) is 0.713. The topological polar surface area (TPSA) is 98.1 Å². The van der Waals surface area contributed by atoms with E-state index in [1.807, 2.05) is 0 Å². The monoisotopic (exact) mass is 374 g/mol. The van der Waals surface area contributed by atoms with Crippen LogP contribution in [0.25, 0.3) is 0 Å². The number of hydrogen-bond donors (Lipinski definition) is 1. The summed E-state index contributed by atoms with van der Waals surface area (Å²) in [5, 5.41) is 2.69. The molecule has 2 aromatic rings. The first-order valence-electron chi connectivity index (χ1n) is 8.46. The number of methoxy groups -OCH3 is 1. The standard InChI is InChI=1S/C19H22N2O6/c1-3-26-17(22)10-11-21(13-14-7-6-12-27-14)19(24)20-16-9-5-4-8-15(16)18(23)25-2/h4-9,12H,3,10-11,13H2,1-2H3,(H,20,24). The summed E-state index contributed by atoms with van der Waals surface area (Å²) in [4.78, 5) is 37.7. The lowest BCUT2D eigenvalue weighted by Crippen LogP contribution is -2.36. The fourth-order valence-corrected chi connectivity index (χ4v) is 2.38. The van der Waals surface area contributed by atoms with Crippen molar-refractivity contribution in [2.45, 2.75) is 19.9 Å². The van der Waals surface area contributed by atoms with Gasteiger partial charge in [-0.3, -0.25) is 4.79 Å². The van der Waals surface area contributed by atoms with Crippen LogP contribution in [0.15, 0.2) is 47.1 Å². The number of benzene rings is 1. The number of furan rings is 1. The van der Waals surface area contributed by atoms with E-state index in [0.717, 1.165) is 0 Å². The van der Waals surface area contributed by atoms with Crippen molar-refractivity contribution in [2.24, 2.45) is 0 Å². The highest BCUT2D eigenvalue weighted by Gasteiger charge is 2.20. The predicted octanol–water partition coefficient (Wildman–Crippen LogP) is 3.05. The molecule has 1 aromatic carbocycles. The molecule has 8 heteroatoms. The molecule has 0 spiro atoms. The van der Waals surface area contributed by atoms with Crippen LogP contribution in [0.1, 0.15) is 29.5 Å². The molecule has 0 radical (unpaired) electrons. The zero-order chi connectivity index (χ0) is 19.6. The fraction of sp³-hybridized carbons (Fsp3) is 0.316. The maximum atomic E-state index is 12.7. The minimum Gasteiger partial charge on any atom is -0.467 e. The Labute approximate surface area is 157 Å². The van der Waals surface area contributed by atoms with Gasteiger partial charge in [-0.05, 0) is 31.2 Å². The molecule has 0 bridgehead atoms. The van der Waals surface area contributed by atoms with E-state index in [4.69, 9.17) is 13.9 Å². The van der Waals surface area contributed by atoms with Crippen molar-refractivity contribution >= 4 is 23.7 Å². The van der Waals surface area contributed by atoms with Crippen molar-refractivity contribution in [3.63, 3.8) is 0 Å². The molecule has 0 aliphatic carbocycles. The second-order valence-electron chi connectivity index (χ2n) is 5.52. The average Bonchev–Trinajstić information content (AvgIpc) is 3.18. The van der Waals surface area contributed by atoms with E-state index in [1.54, 1.807) is 43.3 Å². The number of urea groups is 1. The van der Waals surface area contributed by atoms with Gasteiger partial charge in [0, 0.05) is 6.54 Å². The molecule has 1 N–H and O–H groups in total. The zero-order valence-electron chi connectivity index (χ0n) is 15.3. The molecule has 2 amide bonds. The van der Waals surface area contributed by atoms with Gasteiger partial charge < -0.3 is 24.1 Å². The van der Waals surface area contributed by atoms with E-state index in [0.29, 0.717) is 11.4 Å². The summed E-state index contributed by atoms with van der Waals surface area (Å²) < 4.78 is 14.9. The molecule has 0 aliphatic rings. The van der Waals surface area contributed by atoms with Crippen LogP contribution < -0.4 is 5.32 Å². The Balaban J connectivity index is 2.13. The summed E-state index contributed by atoms with van der Waals surface area (Å²) in [6.45, 7) is 2.29. The second kappa shape index (κ2) is 10.0. The number of amides is 2.